The van der Waals surface area contributed by atoms with E-state index in [9.17, 15) is 23.3 Å². The number of carbonyl (C=O) groups excluding carboxylic acids is 2. The number of nitrogens with zero attached hydrogens (tertiary/aromatic N) is 3. The van der Waals surface area contributed by atoms with Crippen molar-refractivity contribution in [2.24, 2.45) is 0 Å². The number of hydrogen-bond donors (Lipinski definition) is 2. The summed E-state index contributed by atoms with van der Waals surface area (Å²) in [5.74, 6) is 0.267. The van der Waals surface area contributed by atoms with E-state index in [2.05, 4.69) is 10.6 Å². The molecule has 1 aromatic carbocycles. The maximum Gasteiger partial charge on any atom is 0.245 e. The van der Waals surface area contributed by atoms with Gasteiger partial charge in [-0.15, -0.1) is 0 Å². The van der Waals surface area contributed by atoms with Crippen molar-refractivity contribution < 1.29 is 22.4 Å². The fourth-order valence-corrected chi connectivity index (χ4v) is 7.39. The quantitative estimate of drug-likeness (QED) is 0.382. The van der Waals surface area contributed by atoms with Crippen LogP contribution in [-0.4, -0.2) is 62.3 Å². The molecule has 5 rings (SSSR count). The van der Waals surface area contributed by atoms with Crippen molar-refractivity contribution in [2.45, 2.75) is 50.0 Å². The van der Waals surface area contributed by atoms with Gasteiger partial charge in [-0.1, -0.05) is 0 Å². The number of thiophene rings is 1. The van der Waals surface area contributed by atoms with Crippen molar-refractivity contribution in [2.75, 3.05) is 31.5 Å². The van der Waals surface area contributed by atoms with E-state index in [-0.39, 0.29) is 29.1 Å². The third-order valence-electron chi connectivity index (χ3n) is 7.20. The maximum absolute atomic E-state index is 13.6. The molecule has 40 heavy (non-hydrogen) atoms. The Bertz CT molecular complexity index is 1580. The SMILES string of the molecule is Cc1cc2cc(N/C(N[C@H]3CCCCN(CC(=O)N4CCCC4)C3=O)=C(\C#N)S(=O)(=O)c3ccsc3)ccc2o1. The highest BCUT2D eigenvalue weighted by Gasteiger charge is 2.33. The Morgan fingerprint density at radius 2 is 1.93 bits per heavy atom. The molecule has 4 heterocycles. The molecule has 2 saturated heterocycles. The van der Waals surface area contributed by atoms with Crippen LogP contribution in [0.25, 0.3) is 11.0 Å². The first-order chi connectivity index (χ1) is 19.3. The third kappa shape index (κ3) is 5.85. The van der Waals surface area contributed by atoms with Crippen molar-refractivity contribution in [1.29, 1.82) is 5.26 Å². The molecule has 0 spiro atoms. The lowest BCUT2D eigenvalue weighted by Gasteiger charge is -2.28. The van der Waals surface area contributed by atoms with Crippen LogP contribution in [0.15, 0.2) is 61.1 Å². The van der Waals surface area contributed by atoms with Crippen LogP contribution in [-0.2, 0) is 19.4 Å². The summed E-state index contributed by atoms with van der Waals surface area (Å²) in [6.07, 6.45) is 3.77. The number of carbonyl (C=O) groups is 2. The first-order valence-electron chi connectivity index (χ1n) is 13.3. The zero-order valence-electron chi connectivity index (χ0n) is 22.2. The molecule has 10 nitrogen and oxygen atoms in total. The number of amides is 2. The molecule has 0 saturated carbocycles. The van der Waals surface area contributed by atoms with Crippen LogP contribution < -0.4 is 10.6 Å². The number of aryl methyl sites for hydroxylation is 1. The van der Waals surface area contributed by atoms with E-state index < -0.39 is 20.8 Å². The average molecular weight is 582 g/mol. The van der Waals surface area contributed by atoms with Gasteiger partial charge in [0.2, 0.25) is 21.7 Å². The number of benzene rings is 1. The Balaban J connectivity index is 1.48. The van der Waals surface area contributed by atoms with Gasteiger partial charge in [-0.05, 0) is 74.7 Å². The Kier molecular flexibility index (Phi) is 8.14. The van der Waals surface area contributed by atoms with Gasteiger partial charge in [-0.2, -0.15) is 16.6 Å². The predicted octanol–water partition coefficient (Wildman–Crippen LogP) is 3.97. The summed E-state index contributed by atoms with van der Waals surface area (Å²) >= 11 is 1.21. The molecule has 2 amide bonds. The van der Waals surface area contributed by atoms with Crippen molar-refractivity contribution in [3.05, 3.63) is 57.6 Å². The number of anilines is 1. The highest BCUT2D eigenvalue weighted by molar-refractivity contribution is 7.95. The number of hydrogen-bond acceptors (Lipinski definition) is 9. The first kappa shape index (κ1) is 27.7. The fraction of sp³-hybridized carbons (Fsp3) is 0.393. The monoisotopic (exact) mass is 581 g/mol. The summed E-state index contributed by atoms with van der Waals surface area (Å²) in [7, 11) is -4.19. The largest absolute Gasteiger partial charge is 0.461 e. The molecule has 1 atom stereocenters. The Hall–Kier alpha value is -3.82. The van der Waals surface area contributed by atoms with Crippen LogP contribution in [0.5, 0.6) is 0 Å². The molecule has 2 aliphatic heterocycles. The standard InChI is InChI=1S/C28H31N5O5S2/c1-19-14-20-15-21(7-8-24(20)38-19)30-27(25(16-29)40(36,37)22-9-13-39-18-22)31-23-6-2-3-12-33(28(23)35)17-26(34)32-10-4-5-11-32/h7-9,13-15,18,23,30-31H,2-6,10-12,17H2,1H3/b27-25-/t23-/m0/s1. The van der Waals surface area contributed by atoms with Crippen molar-refractivity contribution in [1.82, 2.24) is 15.1 Å². The molecular formula is C28H31N5O5S2. The summed E-state index contributed by atoms with van der Waals surface area (Å²) in [6, 6.07) is 9.59. The van der Waals surface area contributed by atoms with Crippen molar-refractivity contribution in [3.8, 4) is 6.07 Å². The lowest BCUT2D eigenvalue weighted by molar-refractivity contribution is -0.140. The molecule has 2 aliphatic rings. The maximum atomic E-state index is 13.6. The minimum Gasteiger partial charge on any atom is -0.461 e. The second-order valence-electron chi connectivity index (χ2n) is 10.1. The normalized spacial score (nSPS) is 18.8. The van der Waals surface area contributed by atoms with Crippen molar-refractivity contribution >= 4 is 49.6 Å². The molecule has 210 valence electrons. The van der Waals surface area contributed by atoms with Gasteiger partial charge in [-0.3, -0.25) is 9.59 Å². The van der Waals surface area contributed by atoms with E-state index in [1.165, 1.54) is 22.8 Å². The molecule has 2 fully saturated rings. The minimum absolute atomic E-state index is 0.00101. The molecule has 0 bridgehead atoms. The number of furan rings is 1. The highest BCUT2D eigenvalue weighted by Crippen LogP contribution is 2.27. The first-order valence-corrected chi connectivity index (χ1v) is 15.7. The third-order valence-corrected chi connectivity index (χ3v) is 9.74. The van der Waals surface area contributed by atoms with Crippen LogP contribution in [0.1, 0.15) is 37.9 Å². The predicted molar refractivity (Wildman–Crippen MR) is 152 cm³/mol. The van der Waals surface area contributed by atoms with Crippen molar-refractivity contribution in [3.63, 3.8) is 0 Å². The molecule has 0 aliphatic carbocycles. The lowest BCUT2D eigenvalue weighted by Crippen LogP contribution is -2.49. The van der Waals surface area contributed by atoms with Gasteiger partial charge in [0, 0.05) is 36.1 Å². The Labute approximate surface area is 237 Å². The van der Waals surface area contributed by atoms with Gasteiger partial charge in [0.1, 0.15) is 29.3 Å². The van der Waals surface area contributed by atoms with E-state index in [1.807, 2.05) is 19.1 Å². The van der Waals surface area contributed by atoms with E-state index in [0.717, 1.165) is 30.4 Å². The average Bonchev–Trinajstić information content (AvgIpc) is 3.69. The van der Waals surface area contributed by atoms with Crippen LogP contribution in [0, 0.1) is 18.3 Å². The molecular weight excluding hydrogens is 550 g/mol. The summed E-state index contributed by atoms with van der Waals surface area (Å²) in [4.78, 5) is 29.3. The van der Waals surface area contributed by atoms with E-state index in [1.54, 1.807) is 33.4 Å². The smallest absolute Gasteiger partial charge is 0.245 e. The minimum atomic E-state index is -4.19. The summed E-state index contributed by atoms with van der Waals surface area (Å²) in [6.45, 7) is 3.66. The molecule has 12 heteroatoms. The molecule has 2 N–H and O–H groups in total. The van der Waals surface area contributed by atoms with Gasteiger partial charge in [0.25, 0.3) is 0 Å². The number of allylic oxidation sites excluding steroid dienone is 1. The zero-order valence-corrected chi connectivity index (χ0v) is 23.8. The van der Waals surface area contributed by atoms with Crippen LogP contribution in [0.3, 0.4) is 0 Å². The second kappa shape index (κ2) is 11.7. The van der Waals surface area contributed by atoms with E-state index in [0.29, 0.717) is 43.7 Å². The van der Waals surface area contributed by atoms with Crippen LogP contribution in [0.4, 0.5) is 5.69 Å². The summed E-state index contributed by atoms with van der Waals surface area (Å²) in [5.41, 5.74) is 1.19. The number of nitriles is 1. The van der Waals surface area contributed by atoms with Crippen LogP contribution in [0.2, 0.25) is 0 Å². The molecule has 0 unspecified atom stereocenters. The summed E-state index contributed by atoms with van der Waals surface area (Å²) < 4.78 is 32.7. The summed E-state index contributed by atoms with van der Waals surface area (Å²) in [5, 5.41) is 20.1. The molecule has 2 aromatic heterocycles. The van der Waals surface area contributed by atoms with Gasteiger partial charge in [0.15, 0.2) is 4.91 Å². The second-order valence-corrected chi connectivity index (χ2v) is 12.7. The number of nitrogens with one attached hydrogen (secondary N) is 2. The number of fused-ring (bicyclic) bond motifs is 1. The Morgan fingerprint density at radius 3 is 2.65 bits per heavy atom. The zero-order chi connectivity index (χ0) is 28.3. The Morgan fingerprint density at radius 1 is 1.15 bits per heavy atom. The topological polar surface area (TPSA) is 136 Å². The number of likely N-dealkylation sites (tertiary alicyclic amines) is 2. The fourth-order valence-electron chi connectivity index (χ4n) is 5.13. The number of rotatable bonds is 8. The van der Waals surface area contributed by atoms with Crippen LogP contribution >= 0.6 is 11.3 Å². The van der Waals surface area contributed by atoms with E-state index in [4.69, 9.17) is 4.42 Å². The lowest BCUT2D eigenvalue weighted by atomic mass is 10.1. The van der Waals surface area contributed by atoms with Gasteiger partial charge < -0.3 is 24.9 Å². The van der Waals surface area contributed by atoms with Gasteiger partial charge >= 0.3 is 0 Å². The molecule has 0 radical (unpaired) electrons. The highest BCUT2D eigenvalue weighted by atomic mass is 32.2. The van der Waals surface area contributed by atoms with E-state index >= 15 is 0 Å². The molecule has 3 aromatic rings. The number of sulfone groups is 1. The van der Waals surface area contributed by atoms with Gasteiger partial charge in [-0.25, -0.2) is 8.42 Å². The van der Waals surface area contributed by atoms with Gasteiger partial charge in [0.05, 0.1) is 11.4 Å².